The maximum atomic E-state index is 14.5. The van der Waals surface area contributed by atoms with Gasteiger partial charge in [0.25, 0.3) is 11.8 Å². The molecule has 5 fully saturated rings. The second-order valence-electron chi connectivity index (χ2n) is 15.5. The van der Waals surface area contributed by atoms with Crippen LogP contribution in [0.5, 0.6) is 0 Å². The number of Topliss-reactive ketones (excluding diaryl/α,β-unsaturated/α-hetero) is 1. The van der Waals surface area contributed by atoms with Crippen molar-refractivity contribution in [2.24, 2.45) is 17.3 Å². The van der Waals surface area contributed by atoms with Gasteiger partial charge in [0.15, 0.2) is 6.10 Å². The summed E-state index contributed by atoms with van der Waals surface area (Å²) < 4.78 is 0. The summed E-state index contributed by atoms with van der Waals surface area (Å²) in [7, 11) is 0. The van der Waals surface area contributed by atoms with Gasteiger partial charge >= 0.3 is 0 Å². The van der Waals surface area contributed by atoms with Gasteiger partial charge in [-0.2, -0.15) is 0 Å². The van der Waals surface area contributed by atoms with Crippen LogP contribution in [0, 0.1) is 17.3 Å². The van der Waals surface area contributed by atoms with Gasteiger partial charge < -0.3 is 31.5 Å². The lowest BCUT2D eigenvalue weighted by molar-refractivity contribution is -0.146. The van der Waals surface area contributed by atoms with Crippen LogP contribution in [-0.2, 0) is 38.4 Å². The zero-order chi connectivity index (χ0) is 35.5. The number of nitrogens with one attached hydrogen (secondary N) is 6. The minimum atomic E-state index is -1.06. The normalized spacial score (nSPS) is 27.3. The van der Waals surface area contributed by atoms with Gasteiger partial charge in [-0.05, 0) is 62.3 Å². The highest BCUT2D eigenvalue weighted by atomic mass is 16.7. The Labute approximate surface area is 287 Å². The highest BCUT2D eigenvalue weighted by Gasteiger charge is 2.53. The molecule has 3 aliphatic heterocycles. The van der Waals surface area contributed by atoms with Crippen molar-refractivity contribution in [3.05, 3.63) is 0 Å². The molecule has 0 aromatic rings. The molecule has 1 unspecified atom stereocenters. The molecule has 15 heteroatoms. The number of fused-ring (bicyclic) bond motifs is 1. The predicted octanol–water partition coefficient (Wildman–Crippen LogP) is -0.276. The lowest BCUT2D eigenvalue weighted by Gasteiger charge is -2.38. The number of hydrogen-bond acceptors (Lipinski definition) is 9. The molecule has 6 N–H and O–H groups in total. The molecule has 3 heterocycles. The number of carbonyl (C=O) groups is 7. The van der Waals surface area contributed by atoms with Crippen LogP contribution in [0.2, 0.25) is 0 Å². The third kappa shape index (κ3) is 8.77. The fourth-order valence-corrected chi connectivity index (χ4v) is 7.60. The number of amides is 6. The smallest absolute Gasteiger partial charge is 0.289 e. The quantitative estimate of drug-likeness (QED) is 0.141. The third-order valence-corrected chi connectivity index (χ3v) is 10.5. The summed E-state index contributed by atoms with van der Waals surface area (Å²) in [5, 5.41) is 14.6. The van der Waals surface area contributed by atoms with Gasteiger partial charge in [-0.25, -0.2) is 5.48 Å². The summed E-state index contributed by atoms with van der Waals surface area (Å²) in [5.41, 5.74) is 1.39. The largest absolute Gasteiger partial charge is 0.347 e. The van der Waals surface area contributed by atoms with Crippen molar-refractivity contribution in [3.8, 4) is 0 Å². The molecule has 5 aliphatic rings. The first-order chi connectivity index (χ1) is 23.3. The third-order valence-electron chi connectivity index (χ3n) is 10.5. The Balaban J connectivity index is 1.34. The monoisotopic (exact) mass is 687 g/mol. The van der Waals surface area contributed by atoms with Crippen LogP contribution >= 0.6 is 0 Å². The Hall–Kier alpha value is -3.59. The molecule has 0 radical (unpaired) electrons. The second kappa shape index (κ2) is 15.5. The van der Waals surface area contributed by atoms with Crippen LogP contribution in [-0.4, -0.2) is 102 Å². The fourth-order valence-electron chi connectivity index (χ4n) is 7.60. The minimum Gasteiger partial charge on any atom is -0.347 e. The van der Waals surface area contributed by atoms with E-state index >= 15 is 0 Å². The average molecular weight is 688 g/mol. The lowest BCUT2D eigenvalue weighted by atomic mass is 9.82. The Morgan fingerprint density at radius 3 is 2.27 bits per heavy atom. The topological polar surface area (TPSA) is 204 Å². The molecule has 49 heavy (non-hydrogen) atoms. The van der Waals surface area contributed by atoms with Gasteiger partial charge in [-0.3, -0.25) is 38.4 Å². The molecule has 0 aromatic carbocycles. The molecule has 0 bridgehead atoms. The van der Waals surface area contributed by atoms with Gasteiger partial charge in [0.2, 0.25) is 29.4 Å². The van der Waals surface area contributed by atoms with E-state index < -0.39 is 76.9 Å². The number of ketones is 1. The molecular formula is C34H53N7O8. The van der Waals surface area contributed by atoms with Gasteiger partial charge in [0.05, 0.1) is 12.5 Å². The van der Waals surface area contributed by atoms with E-state index in [0.29, 0.717) is 13.0 Å². The molecule has 0 spiro atoms. The van der Waals surface area contributed by atoms with Crippen molar-refractivity contribution in [2.45, 2.75) is 141 Å². The van der Waals surface area contributed by atoms with Crippen LogP contribution < -0.4 is 32.1 Å². The zero-order valence-corrected chi connectivity index (χ0v) is 29.1. The summed E-state index contributed by atoms with van der Waals surface area (Å²) in [5.74, 6) is -4.07. The number of hydroxylamine groups is 1. The molecule has 7 atom stereocenters. The standard InChI is InChI=1S/C34H53N7O8/c1-5-9-21(27(43)32(47)36-20-12-13-20)37-31(46)26-24-19(14-15-35-24)17-41(26)33(48)28(34(2,3)4)39-30(45)25(18-10-7-6-8-11-18)38-29(44)22-16-23(42)40-49-22/h18-22,24-26,28,35H,5-17H2,1-4H3,(H,36,47)(H,37,46)(H,38,44)(H,39,45)(H,40,42)/t19-,21-,22?,24-,25-,26-,28+/m0/s1. The van der Waals surface area contributed by atoms with Crippen molar-refractivity contribution in [3.63, 3.8) is 0 Å². The first-order valence-corrected chi connectivity index (χ1v) is 18.0. The molecule has 2 aliphatic carbocycles. The Morgan fingerprint density at radius 2 is 1.65 bits per heavy atom. The van der Waals surface area contributed by atoms with Crippen LogP contribution in [0.4, 0.5) is 0 Å². The number of carbonyl (C=O) groups excluding carboxylic acids is 7. The summed E-state index contributed by atoms with van der Waals surface area (Å²) in [4.78, 5) is 99.7. The summed E-state index contributed by atoms with van der Waals surface area (Å²) in [6.45, 7) is 8.30. The molecule has 5 rings (SSSR count). The molecule has 15 nitrogen and oxygen atoms in total. The highest BCUT2D eigenvalue weighted by molar-refractivity contribution is 6.38. The second-order valence-corrected chi connectivity index (χ2v) is 15.5. The maximum Gasteiger partial charge on any atom is 0.289 e. The van der Waals surface area contributed by atoms with Gasteiger partial charge in [0, 0.05) is 18.6 Å². The Kier molecular flexibility index (Phi) is 11.6. The van der Waals surface area contributed by atoms with E-state index in [1.807, 2.05) is 27.7 Å². The maximum absolute atomic E-state index is 14.5. The SMILES string of the molecule is CCC[C@H](NC(=O)[C@@H]1[C@H]2NCC[C@H]2CN1C(=O)[C@@H](NC(=O)[C@@H](NC(=O)C1CC(=O)NO1)C1CCCCC1)C(C)(C)C)C(=O)C(=O)NC1CC1. The van der Waals surface area contributed by atoms with E-state index in [1.165, 1.54) is 4.90 Å². The molecule has 2 saturated carbocycles. The Morgan fingerprint density at radius 1 is 0.939 bits per heavy atom. The first-order valence-electron chi connectivity index (χ1n) is 18.0. The number of rotatable bonds is 13. The Bertz CT molecular complexity index is 1310. The van der Waals surface area contributed by atoms with Crippen LogP contribution in [0.15, 0.2) is 0 Å². The van der Waals surface area contributed by atoms with Gasteiger partial charge in [-0.15, -0.1) is 0 Å². The van der Waals surface area contributed by atoms with Crippen LogP contribution in [0.25, 0.3) is 0 Å². The summed E-state index contributed by atoms with van der Waals surface area (Å²) in [6, 6.07) is -4.35. The number of hydrogen-bond donors (Lipinski definition) is 6. The van der Waals surface area contributed by atoms with Crippen molar-refractivity contribution < 1.29 is 38.4 Å². The number of nitrogens with zero attached hydrogens (tertiary/aromatic N) is 1. The van der Waals surface area contributed by atoms with Gasteiger partial charge in [0.1, 0.15) is 18.1 Å². The van der Waals surface area contributed by atoms with Crippen molar-refractivity contribution in [1.82, 2.24) is 37.0 Å². The lowest BCUT2D eigenvalue weighted by Crippen LogP contribution is -2.63. The van der Waals surface area contributed by atoms with E-state index in [4.69, 9.17) is 4.84 Å². The number of likely N-dealkylation sites (tertiary alicyclic amines) is 1. The van der Waals surface area contributed by atoms with Crippen LogP contribution in [0.3, 0.4) is 0 Å². The minimum absolute atomic E-state index is 0.00588. The summed E-state index contributed by atoms with van der Waals surface area (Å²) >= 11 is 0. The molecule has 3 saturated heterocycles. The van der Waals surface area contributed by atoms with E-state index in [1.54, 1.807) is 0 Å². The van der Waals surface area contributed by atoms with E-state index in [-0.39, 0.29) is 43.3 Å². The molecule has 272 valence electrons. The van der Waals surface area contributed by atoms with Crippen molar-refractivity contribution >= 4 is 41.2 Å². The van der Waals surface area contributed by atoms with E-state index in [0.717, 1.165) is 51.4 Å². The molecular weight excluding hydrogens is 634 g/mol. The molecule has 0 aromatic heterocycles. The van der Waals surface area contributed by atoms with Crippen LogP contribution in [0.1, 0.15) is 98.3 Å². The summed E-state index contributed by atoms with van der Waals surface area (Å²) in [6.07, 6.45) is 6.27. The van der Waals surface area contributed by atoms with E-state index in [2.05, 4.69) is 32.1 Å². The average Bonchev–Trinajstić information content (AvgIpc) is 3.40. The zero-order valence-electron chi connectivity index (χ0n) is 29.1. The van der Waals surface area contributed by atoms with Gasteiger partial charge in [-0.1, -0.05) is 53.4 Å². The molecule has 6 amide bonds. The van der Waals surface area contributed by atoms with Crippen molar-refractivity contribution in [1.29, 1.82) is 0 Å². The highest BCUT2D eigenvalue weighted by Crippen LogP contribution is 2.34. The fraction of sp³-hybridized carbons (Fsp3) is 0.794. The predicted molar refractivity (Wildman–Crippen MR) is 176 cm³/mol. The first kappa shape index (κ1) is 36.7. The van der Waals surface area contributed by atoms with E-state index in [9.17, 15) is 33.6 Å². The van der Waals surface area contributed by atoms with Crippen molar-refractivity contribution in [2.75, 3.05) is 13.1 Å².